The molecule has 202 valence electrons. The van der Waals surface area contributed by atoms with E-state index in [-0.39, 0.29) is 12.8 Å². The van der Waals surface area contributed by atoms with Crippen LogP contribution in [0.25, 0.3) is 10.9 Å². The van der Waals surface area contributed by atoms with Crippen LogP contribution in [-0.4, -0.2) is 46.0 Å². The minimum absolute atomic E-state index is 0.108. The van der Waals surface area contributed by atoms with Gasteiger partial charge >= 0.3 is 5.97 Å². The number of anilines is 2. The van der Waals surface area contributed by atoms with Crippen LogP contribution in [0.4, 0.5) is 11.4 Å². The molecule has 0 saturated carbocycles. The van der Waals surface area contributed by atoms with Gasteiger partial charge in [-0.05, 0) is 43.2 Å². The number of H-pyrrole nitrogens is 1. The molecule has 39 heavy (non-hydrogen) atoms. The topological polar surface area (TPSA) is 149 Å². The number of carboxylic acid groups (broad SMARTS) is 1. The molecule has 9 heteroatoms. The summed E-state index contributed by atoms with van der Waals surface area (Å²) in [4.78, 5) is 41.1. The molecule has 1 aromatic heterocycles. The van der Waals surface area contributed by atoms with Crippen molar-refractivity contribution in [2.24, 2.45) is 5.73 Å². The Kier molecular flexibility index (Phi) is 8.63. The third-order valence-electron chi connectivity index (χ3n) is 6.50. The van der Waals surface area contributed by atoms with E-state index in [9.17, 15) is 19.5 Å². The van der Waals surface area contributed by atoms with Crippen LogP contribution in [0.2, 0.25) is 0 Å². The first-order valence-corrected chi connectivity index (χ1v) is 12.8. The van der Waals surface area contributed by atoms with E-state index in [1.165, 1.54) is 6.92 Å². The maximum atomic E-state index is 13.4. The highest BCUT2D eigenvalue weighted by atomic mass is 16.4. The summed E-state index contributed by atoms with van der Waals surface area (Å²) in [6.07, 6.45) is 2.04. The van der Waals surface area contributed by atoms with Crippen molar-refractivity contribution in [2.75, 3.05) is 5.32 Å². The fraction of sp³-hybridized carbons (Fsp3) is 0.233. The summed E-state index contributed by atoms with van der Waals surface area (Å²) in [5, 5.41) is 19.3. The van der Waals surface area contributed by atoms with Crippen LogP contribution in [0, 0.1) is 6.92 Å². The molecular formula is C30H33N5O4. The second kappa shape index (κ2) is 12.3. The molecular weight excluding hydrogens is 494 g/mol. The molecule has 0 aliphatic rings. The lowest BCUT2D eigenvalue weighted by Crippen LogP contribution is -2.55. The lowest BCUT2D eigenvalue weighted by molar-refractivity contribution is -0.142. The van der Waals surface area contributed by atoms with E-state index in [4.69, 9.17) is 5.73 Å². The maximum Gasteiger partial charge on any atom is 0.326 e. The molecule has 0 radical (unpaired) electrons. The van der Waals surface area contributed by atoms with Crippen LogP contribution in [0.1, 0.15) is 23.6 Å². The third kappa shape index (κ3) is 7.03. The second-order valence-electron chi connectivity index (χ2n) is 9.68. The average molecular weight is 528 g/mol. The number of rotatable bonds is 11. The normalized spacial score (nSPS) is 13.3. The number of aromatic nitrogens is 1. The number of carbonyl (C=O) groups is 3. The molecule has 0 bridgehead atoms. The molecule has 0 saturated heterocycles. The number of hydrogen-bond acceptors (Lipinski definition) is 5. The van der Waals surface area contributed by atoms with E-state index in [0.717, 1.165) is 39.0 Å². The molecule has 9 nitrogen and oxygen atoms in total. The van der Waals surface area contributed by atoms with Crippen molar-refractivity contribution in [1.29, 1.82) is 0 Å². The van der Waals surface area contributed by atoms with Gasteiger partial charge in [0.2, 0.25) is 11.8 Å². The minimum Gasteiger partial charge on any atom is -0.480 e. The minimum atomic E-state index is -1.16. The molecule has 3 aromatic carbocycles. The molecule has 0 fully saturated rings. The van der Waals surface area contributed by atoms with Crippen LogP contribution in [0.3, 0.4) is 0 Å². The standard InChI is InChI=1S/C30H33N5O4/c1-18-11-13-22(14-12-18)33-24-10-6-9-23-21(17-32-27(23)24)16-25(34-28(36)19(2)31)29(37)35-26(30(38)39)15-20-7-4-3-5-8-20/h3-14,17,19,25-26,32-33H,15-16,31H2,1-2H3,(H,34,36)(H,35,37)(H,38,39)/t19-,25-,26-/m0/s1. The molecule has 0 aliphatic heterocycles. The van der Waals surface area contributed by atoms with Crippen molar-refractivity contribution in [3.8, 4) is 0 Å². The van der Waals surface area contributed by atoms with E-state index in [0.29, 0.717) is 0 Å². The molecule has 0 spiro atoms. The fourth-order valence-corrected chi connectivity index (χ4v) is 4.33. The Morgan fingerprint density at radius 3 is 2.23 bits per heavy atom. The number of fused-ring (bicyclic) bond motifs is 1. The Balaban J connectivity index is 1.57. The van der Waals surface area contributed by atoms with Crippen molar-refractivity contribution in [3.05, 3.63) is 95.7 Å². The van der Waals surface area contributed by atoms with Crippen molar-refractivity contribution in [2.45, 2.75) is 44.8 Å². The van der Waals surface area contributed by atoms with Crippen molar-refractivity contribution < 1.29 is 19.5 Å². The van der Waals surface area contributed by atoms with Gasteiger partial charge in [-0.25, -0.2) is 4.79 Å². The van der Waals surface area contributed by atoms with E-state index in [1.807, 2.05) is 55.5 Å². The molecule has 3 atom stereocenters. The number of carbonyl (C=O) groups excluding carboxylic acids is 2. The Labute approximate surface area is 226 Å². The lowest BCUT2D eigenvalue weighted by atomic mass is 10.0. The summed E-state index contributed by atoms with van der Waals surface area (Å²) in [6.45, 7) is 3.55. The van der Waals surface area contributed by atoms with Gasteiger partial charge in [0.25, 0.3) is 0 Å². The smallest absolute Gasteiger partial charge is 0.326 e. The zero-order valence-corrected chi connectivity index (χ0v) is 21.9. The van der Waals surface area contributed by atoms with E-state index >= 15 is 0 Å². The SMILES string of the molecule is Cc1ccc(Nc2cccc3c(C[C@H](NC(=O)[C@H](C)N)C(=O)N[C@@H](Cc4ccccc4)C(=O)O)c[nH]c23)cc1. The highest BCUT2D eigenvalue weighted by Gasteiger charge is 2.28. The molecule has 4 rings (SSSR count). The second-order valence-corrected chi connectivity index (χ2v) is 9.68. The van der Waals surface area contributed by atoms with E-state index in [1.54, 1.807) is 30.5 Å². The first kappa shape index (κ1) is 27.4. The average Bonchev–Trinajstić information content (AvgIpc) is 3.33. The van der Waals surface area contributed by atoms with Crippen molar-refractivity contribution >= 4 is 40.1 Å². The highest BCUT2D eigenvalue weighted by molar-refractivity contribution is 5.96. The van der Waals surface area contributed by atoms with Gasteiger partial charge in [0.1, 0.15) is 12.1 Å². The lowest BCUT2D eigenvalue weighted by Gasteiger charge is -2.22. The summed E-state index contributed by atoms with van der Waals surface area (Å²) in [7, 11) is 0. The molecule has 2 amide bonds. The first-order valence-electron chi connectivity index (χ1n) is 12.8. The van der Waals surface area contributed by atoms with Gasteiger partial charge < -0.3 is 31.8 Å². The fourth-order valence-electron chi connectivity index (χ4n) is 4.33. The third-order valence-corrected chi connectivity index (χ3v) is 6.50. The van der Waals surface area contributed by atoms with Crippen molar-refractivity contribution in [1.82, 2.24) is 15.6 Å². The number of carboxylic acids is 1. The van der Waals surface area contributed by atoms with Gasteiger partial charge in [-0.1, -0.05) is 60.2 Å². The Morgan fingerprint density at radius 1 is 0.872 bits per heavy atom. The van der Waals surface area contributed by atoms with Crippen LogP contribution in [0.15, 0.2) is 79.0 Å². The van der Waals surface area contributed by atoms with Crippen LogP contribution >= 0.6 is 0 Å². The number of hydrogen-bond donors (Lipinski definition) is 6. The number of amides is 2. The number of aromatic amines is 1. The molecule has 1 heterocycles. The number of aryl methyl sites for hydroxylation is 1. The Morgan fingerprint density at radius 2 is 1.56 bits per heavy atom. The quantitative estimate of drug-likeness (QED) is 0.176. The zero-order valence-electron chi connectivity index (χ0n) is 21.9. The Hall–Kier alpha value is -4.63. The zero-order chi connectivity index (χ0) is 27.9. The van der Waals surface area contributed by atoms with E-state index < -0.39 is 35.9 Å². The predicted octanol–water partition coefficient (Wildman–Crippen LogP) is 3.41. The predicted molar refractivity (Wildman–Crippen MR) is 152 cm³/mol. The van der Waals surface area contributed by atoms with Crippen molar-refractivity contribution in [3.63, 3.8) is 0 Å². The van der Waals surface area contributed by atoms with Gasteiger partial charge in [0.15, 0.2) is 0 Å². The Bertz CT molecular complexity index is 1450. The molecule has 4 aromatic rings. The van der Waals surface area contributed by atoms with Gasteiger partial charge in [-0.2, -0.15) is 0 Å². The molecule has 7 N–H and O–H groups in total. The van der Waals surface area contributed by atoms with Crippen LogP contribution in [-0.2, 0) is 27.2 Å². The van der Waals surface area contributed by atoms with Gasteiger partial charge in [0.05, 0.1) is 17.2 Å². The largest absolute Gasteiger partial charge is 0.480 e. The monoisotopic (exact) mass is 527 g/mol. The summed E-state index contributed by atoms with van der Waals surface area (Å²) in [6, 6.07) is 19.8. The number of nitrogens with two attached hydrogens (primary N) is 1. The number of nitrogens with one attached hydrogen (secondary N) is 4. The summed E-state index contributed by atoms with van der Waals surface area (Å²) in [5.74, 6) is -2.27. The van der Waals surface area contributed by atoms with Crippen LogP contribution in [0.5, 0.6) is 0 Å². The molecule has 0 aliphatic carbocycles. The van der Waals surface area contributed by atoms with Gasteiger partial charge in [-0.3, -0.25) is 9.59 Å². The van der Waals surface area contributed by atoms with E-state index in [2.05, 4.69) is 20.9 Å². The highest BCUT2D eigenvalue weighted by Crippen LogP contribution is 2.29. The summed E-state index contributed by atoms with van der Waals surface area (Å²) in [5.41, 5.74) is 11.1. The summed E-state index contributed by atoms with van der Waals surface area (Å²) >= 11 is 0. The van der Waals surface area contributed by atoms with Gasteiger partial charge in [-0.15, -0.1) is 0 Å². The number of para-hydroxylation sites is 1. The van der Waals surface area contributed by atoms with Gasteiger partial charge in [0, 0.05) is 30.1 Å². The maximum absolute atomic E-state index is 13.4. The molecule has 0 unspecified atom stereocenters. The number of aliphatic carboxylic acids is 1. The summed E-state index contributed by atoms with van der Waals surface area (Å²) < 4.78 is 0. The van der Waals surface area contributed by atoms with Crippen LogP contribution < -0.4 is 21.7 Å². The number of benzene rings is 3. The first-order chi connectivity index (χ1) is 18.7.